The van der Waals surface area contributed by atoms with Gasteiger partial charge in [0.15, 0.2) is 5.82 Å². The van der Waals surface area contributed by atoms with Crippen molar-refractivity contribution in [1.29, 1.82) is 0 Å². The summed E-state index contributed by atoms with van der Waals surface area (Å²) in [6.45, 7) is 1.83. The van der Waals surface area contributed by atoms with Crippen LogP contribution in [0.4, 0.5) is 17.2 Å². The van der Waals surface area contributed by atoms with Crippen molar-refractivity contribution in [2.24, 2.45) is 0 Å². The molecule has 0 bridgehead atoms. The zero-order chi connectivity index (χ0) is 20.2. The Labute approximate surface area is 176 Å². The van der Waals surface area contributed by atoms with Gasteiger partial charge in [0.1, 0.15) is 11.6 Å². The van der Waals surface area contributed by atoms with Crippen molar-refractivity contribution in [2.75, 3.05) is 10.6 Å². The first kappa shape index (κ1) is 18.8. The van der Waals surface area contributed by atoms with Crippen LogP contribution in [-0.4, -0.2) is 25.7 Å². The van der Waals surface area contributed by atoms with Crippen LogP contribution in [0.3, 0.4) is 0 Å². The summed E-state index contributed by atoms with van der Waals surface area (Å²) in [5.74, 6) is 1.82. The minimum Gasteiger partial charge on any atom is -0.340 e. The lowest BCUT2D eigenvalue weighted by Crippen LogP contribution is -2.11. The Morgan fingerprint density at radius 3 is 2.52 bits per heavy atom. The molecule has 2 aromatic heterocycles. The molecule has 0 aliphatic heterocycles. The number of carbonyl (C=O) groups excluding carboxylic acids is 1. The van der Waals surface area contributed by atoms with Crippen molar-refractivity contribution in [3.8, 4) is 5.82 Å². The van der Waals surface area contributed by atoms with E-state index in [0.717, 1.165) is 10.2 Å². The number of amides is 1. The summed E-state index contributed by atoms with van der Waals surface area (Å²) in [7, 11) is 0. The molecule has 0 saturated carbocycles. The monoisotopic (exact) mass is 448 g/mol. The van der Waals surface area contributed by atoms with Crippen LogP contribution >= 0.6 is 15.9 Å². The molecule has 2 heterocycles. The fraction of sp³-hybridized carbons (Fsp3) is 0.0476. The second-order valence-corrected chi connectivity index (χ2v) is 7.19. The summed E-state index contributed by atoms with van der Waals surface area (Å²) >= 11 is 3.38. The van der Waals surface area contributed by atoms with Crippen molar-refractivity contribution in [3.05, 3.63) is 88.9 Å². The maximum atomic E-state index is 12.4. The van der Waals surface area contributed by atoms with Crippen LogP contribution in [0, 0.1) is 6.92 Å². The second-order valence-electron chi connectivity index (χ2n) is 6.28. The molecule has 0 aliphatic rings. The molecule has 0 fully saturated rings. The number of benzene rings is 2. The minimum absolute atomic E-state index is 0.165. The maximum Gasteiger partial charge on any atom is 0.255 e. The van der Waals surface area contributed by atoms with Crippen LogP contribution in [0.1, 0.15) is 16.2 Å². The van der Waals surface area contributed by atoms with Gasteiger partial charge in [-0.1, -0.05) is 22.0 Å². The molecule has 29 heavy (non-hydrogen) atoms. The normalized spacial score (nSPS) is 10.6. The Bertz CT molecular complexity index is 1140. The lowest BCUT2D eigenvalue weighted by molar-refractivity contribution is 0.102. The first-order valence-corrected chi connectivity index (χ1v) is 9.66. The van der Waals surface area contributed by atoms with Crippen molar-refractivity contribution >= 4 is 39.0 Å². The second kappa shape index (κ2) is 8.24. The first-order chi connectivity index (χ1) is 14.1. The molecule has 0 radical (unpaired) electrons. The first-order valence-electron chi connectivity index (χ1n) is 8.86. The third-order valence-corrected chi connectivity index (χ3v) is 4.56. The van der Waals surface area contributed by atoms with Gasteiger partial charge in [-0.05, 0) is 55.5 Å². The van der Waals surface area contributed by atoms with Crippen LogP contribution in [0.25, 0.3) is 5.82 Å². The van der Waals surface area contributed by atoms with E-state index in [-0.39, 0.29) is 5.91 Å². The van der Waals surface area contributed by atoms with E-state index >= 15 is 0 Å². The van der Waals surface area contributed by atoms with Crippen molar-refractivity contribution in [2.45, 2.75) is 6.92 Å². The number of carbonyl (C=O) groups is 1. The van der Waals surface area contributed by atoms with E-state index in [1.165, 1.54) is 0 Å². The van der Waals surface area contributed by atoms with Gasteiger partial charge in [-0.3, -0.25) is 4.79 Å². The summed E-state index contributed by atoms with van der Waals surface area (Å²) in [6, 6.07) is 18.3. The maximum absolute atomic E-state index is 12.4. The highest BCUT2D eigenvalue weighted by Crippen LogP contribution is 2.20. The molecule has 4 rings (SSSR count). The zero-order valence-electron chi connectivity index (χ0n) is 15.5. The molecule has 2 N–H and O–H groups in total. The summed E-state index contributed by atoms with van der Waals surface area (Å²) in [5.41, 5.74) is 2.13. The molecule has 8 heteroatoms. The molecule has 0 unspecified atom stereocenters. The number of nitrogens with zero attached hydrogens (tertiary/aromatic N) is 4. The van der Waals surface area contributed by atoms with E-state index in [1.807, 2.05) is 61.7 Å². The quantitative estimate of drug-likeness (QED) is 0.460. The van der Waals surface area contributed by atoms with Crippen LogP contribution in [-0.2, 0) is 0 Å². The van der Waals surface area contributed by atoms with Gasteiger partial charge < -0.3 is 10.6 Å². The number of nitrogens with one attached hydrogen (secondary N) is 2. The molecular formula is C21H17BrN6O. The molecule has 144 valence electrons. The average molecular weight is 449 g/mol. The number of aryl methyl sites for hydroxylation is 1. The summed E-state index contributed by atoms with van der Waals surface area (Å²) in [6.07, 6.45) is 3.53. The smallest absolute Gasteiger partial charge is 0.255 e. The molecular weight excluding hydrogens is 432 g/mol. The number of rotatable bonds is 5. The van der Waals surface area contributed by atoms with E-state index < -0.39 is 0 Å². The van der Waals surface area contributed by atoms with Gasteiger partial charge >= 0.3 is 0 Å². The van der Waals surface area contributed by atoms with Gasteiger partial charge in [0, 0.05) is 39.9 Å². The van der Waals surface area contributed by atoms with E-state index in [0.29, 0.717) is 28.7 Å². The van der Waals surface area contributed by atoms with Gasteiger partial charge in [0.2, 0.25) is 0 Å². The number of aromatic nitrogens is 4. The molecule has 7 nitrogen and oxygen atoms in total. The van der Waals surface area contributed by atoms with Crippen LogP contribution in [0.2, 0.25) is 0 Å². The number of halogens is 1. The van der Waals surface area contributed by atoms with E-state index in [2.05, 4.69) is 41.6 Å². The largest absolute Gasteiger partial charge is 0.340 e. The topological polar surface area (TPSA) is 84.7 Å². The third kappa shape index (κ3) is 4.67. The zero-order valence-corrected chi connectivity index (χ0v) is 17.1. The van der Waals surface area contributed by atoms with Gasteiger partial charge in [0.05, 0.1) is 0 Å². The predicted octanol–water partition coefficient (Wildman–Crippen LogP) is 4.73. The van der Waals surface area contributed by atoms with E-state index in [1.54, 1.807) is 23.0 Å². The Hall–Kier alpha value is -3.52. The summed E-state index contributed by atoms with van der Waals surface area (Å²) in [4.78, 5) is 21.2. The van der Waals surface area contributed by atoms with E-state index in [9.17, 15) is 4.79 Å². The van der Waals surface area contributed by atoms with Gasteiger partial charge in [-0.15, -0.1) is 0 Å². The fourth-order valence-corrected chi connectivity index (χ4v) is 3.15. The lowest BCUT2D eigenvalue weighted by atomic mass is 10.2. The SMILES string of the molecule is Cc1nc(Nc2ccc(NC(=O)c3cccc(Br)c3)cc2)cc(-n2cccn2)n1. The highest BCUT2D eigenvalue weighted by atomic mass is 79.9. The molecule has 4 aromatic rings. The van der Waals surface area contributed by atoms with Gasteiger partial charge in [0.25, 0.3) is 5.91 Å². The highest BCUT2D eigenvalue weighted by Gasteiger charge is 2.08. The number of hydrogen-bond donors (Lipinski definition) is 2. The van der Waals surface area contributed by atoms with Crippen LogP contribution in [0.15, 0.2) is 77.5 Å². The standard InChI is InChI=1S/C21H17BrN6O/c1-14-24-19(13-20(25-14)28-11-3-10-23-28)26-17-6-8-18(9-7-17)27-21(29)15-4-2-5-16(22)12-15/h2-13H,1H3,(H,27,29)(H,24,25,26). The van der Waals surface area contributed by atoms with Crippen LogP contribution in [0.5, 0.6) is 0 Å². The van der Waals surface area contributed by atoms with Gasteiger partial charge in [-0.2, -0.15) is 5.10 Å². The fourth-order valence-electron chi connectivity index (χ4n) is 2.76. The molecule has 0 atom stereocenters. The highest BCUT2D eigenvalue weighted by molar-refractivity contribution is 9.10. The Morgan fingerprint density at radius 2 is 1.79 bits per heavy atom. The molecule has 0 saturated heterocycles. The lowest BCUT2D eigenvalue weighted by Gasteiger charge is -2.10. The van der Waals surface area contributed by atoms with Crippen molar-refractivity contribution < 1.29 is 4.79 Å². The van der Waals surface area contributed by atoms with Gasteiger partial charge in [-0.25, -0.2) is 14.6 Å². The molecule has 1 amide bonds. The number of hydrogen-bond acceptors (Lipinski definition) is 5. The van der Waals surface area contributed by atoms with Crippen molar-refractivity contribution in [3.63, 3.8) is 0 Å². The van der Waals surface area contributed by atoms with Crippen LogP contribution < -0.4 is 10.6 Å². The Balaban J connectivity index is 1.47. The summed E-state index contributed by atoms with van der Waals surface area (Å²) < 4.78 is 2.54. The molecule has 0 aliphatic carbocycles. The number of anilines is 3. The molecule has 0 spiro atoms. The van der Waals surface area contributed by atoms with E-state index in [4.69, 9.17) is 0 Å². The average Bonchev–Trinajstić information content (AvgIpc) is 3.24. The third-order valence-electron chi connectivity index (χ3n) is 4.07. The Morgan fingerprint density at radius 1 is 1.00 bits per heavy atom. The molecule has 2 aromatic carbocycles. The summed E-state index contributed by atoms with van der Waals surface area (Å²) in [5, 5.41) is 10.3. The minimum atomic E-state index is -0.165. The Kier molecular flexibility index (Phi) is 5.35. The predicted molar refractivity (Wildman–Crippen MR) is 116 cm³/mol. The van der Waals surface area contributed by atoms with Crippen molar-refractivity contribution in [1.82, 2.24) is 19.7 Å².